The Bertz CT molecular complexity index is 586. The van der Waals surface area contributed by atoms with Gasteiger partial charge in [-0.1, -0.05) is 88.5 Å². The lowest BCUT2D eigenvalue weighted by Crippen LogP contribution is -2.18. The van der Waals surface area contributed by atoms with Crippen molar-refractivity contribution >= 4 is 85.6 Å². The fraction of sp³-hybridized carbons (Fsp3) is 0.800. The van der Waals surface area contributed by atoms with Crippen molar-refractivity contribution in [2.75, 3.05) is 34.3 Å². The van der Waals surface area contributed by atoms with Gasteiger partial charge in [0.15, 0.2) is 0 Å². The second-order valence-corrected chi connectivity index (χ2v) is 12.8. The van der Waals surface area contributed by atoms with Crippen molar-refractivity contribution in [2.45, 2.75) is 50.7 Å². The summed E-state index contributed by atoms with van der Waals surface area (Å²) in [6.45, 7) is 9.76. The molecule has 4 heterocycles. The molecular weight excluding hydrogens is 645 g/mol. The van der Waals surface area contributed by atoms with Crippen molar-refractivity contribution < 1.29 is 0 Å². The SMILES string of the molecule is CCC1(I)CN1c1nc(N2CC2(I)CC)nc(N2CC2(I)CC)n1. The molecule has 132 valence electrons. The molecule has 0 saturated carbocycles. The van der Waals surface area contributed by atoms with Crippen LogP contribution in [0.3, 0.4) is 0 Å². The molecular formula is C15H21I3N6. The Morgan fingerprint density at radius 1 is 0.667 bits per heavy atom. The Kier molecular flexibility index (Phi) is 4.34. The molecule has 0 amide bonds. The maximum absolute atomic E-state index is 4.82. The lowest BCUT2D eigenvalue weighted by molar-refractivity contribution is 0.844. The summed E-state index contributed by atoms with van der Waals surface area (Å²) in [5, 5.41) is 0. The molecule has 1 aromatic rings. The maximum Gasteiger partial charge on any atom is 0.233 e. The average Bonchev–Trinajstić information content (AvgIpc) is 3.51. The van der Waals surface area contributed by atoms with E-state index in [1.54, 1.807) is 0 Å². The first-order chi connectivity index (χ1) is 11.3. The quantitative estimate of drug-likeness (QED) is 0.199. The zero-order valence-corrected chi connectivity index (χ0v) is 20.5. The second-order valence-electron chi connectivity index (χ2n) is 6.81. The van der Waals surface area contributed by atoms with E-state index in [0.29, 0.717) is 0 Å². The summed E-state index contributed by atoms with van der Waals surface area (Å²) in [5.74, 6) is 2.53. The summed E-state index contributed by atoms with van der Waals surface area (Å²) in [6.07, 6.45) is 3.31. The van der Waals surface area contributed by atoms with E-state index in [2.05, 4.69) is 103 Å². The molecule has 0 aliphatic carbocycles. The first kappa shape index (κ1) is 18.0. The largest absolute Gasteiger partial charge is 0.321 e. The number of halogens is 3. The van der Waals surface area contributed by atoms with Gasteiger partial charge < -0.3 is 14.7 Å². The number of hydrogen-bond donors (Lipinski definition) is 0. The summed E-state index contributed by atoms with van der Waals surface area (Å²) in [7, 11) is 0. The summed E-state index contributed by atoms with van der Waals surface area (Å²) < 4.78 is 0.553. The average molecular weight is 666 g/mol. The van der Waals surface area contributed by atoms with Crippen LogP contribution in [0.15, 0.2) is 0 Å². The smallest absolute Gasteiger partial charge is 0.233 e. The minimum absolute atomic E-state index is 0.184. The first-order valence-electron chi connectivity index (χ1n) is 8.44. The number of anilines is 3. The monoisotopic (exact) mass is 666 g/mol. The van der Waals surface area contributed by atoms with E-state index in [1.165, 1.54) is 0 Å². The van der Waals surface area contributed by atoms with Crippen molar-refractivity contribution in [3.63, 3.8) is 0 Å². The van der Waals surface area contributed by atoms with Gasteiger partial charge in [0.05, 0.1) is 19.6 Å². The Hall–Kier alpha value is 0.600. The van der Waals surface area contributed by atoms with E-state index in [-0.39, 0.29) is 10.6 Å². The standard InChI is InChI=1S/C15H21I3N6/c1-4-13(16)7-22(13)10-19-11(23-8-14(23,17)5-2)21-12(20-10)24-9-15(24,18)6-3/h4-9H2,1-3H3. The molecule has 0 bridgehead atoms. The van der Waals surface area contributed by atoms with E-state index in [9.17, 15) is 0 Å². The van der Waals surface area contributed by atoms with Crippen molar-refractivity contribution in [1.82, 2.24) is 15.0 Å². The molecule has 1 aromatic heterocycles. The van der Waals surface area contributed by atoms with Gasteiger partial charge in [-0.3, -0.25) is 0 Å². The van der Waals surface area contributed by atoms with Gasteiger partial charge >= 0.3 is 0 Å². The molecule has 4 rings (SSSR count). The summed E-state index contributed by atoms with van der Waals surface area (Å²) in [5.41, 5.74) is 0. The number of alkyl halides is 3. The van der Waals surface area contributed by atoms with Crippen LogP contribution in [-0.4, -0.2) is 45.2 Å². The van der Waals surface area contributed by atoms with Gasteiger partial charge in [-0.05, 0) is 19.3 Å². The highest BCUT2D eigenvalue weighted by molar-refractivity contribution is 14.1. The van der Waals surface area contributed by atoms with Crippen molar-refractivity contribution in [2.24, 2.45) is 0 Å². The topological polar surface area (TPSA) is 47.7 Å². The van der Waals surface area contributed by atoms with Gasteiger partial charge in [-0.25, -0.2) is 0 Å². The van der Waals surface area contributed by atoms with Crippen LogP contribution in [0, 0.1) is 0 Å². The minimum Gasteiger partial charge on any atom is -0.321 e. The molecule has 0 radical (unpaired) electrons. The number of hydrogen-bond acceptors (Lipinski definition) is 6. The van der Waals surface area contributed by atoms with Gasteiger partial charge in [-0.15, -0.1) is 0 Å². The van der Waals surface area contributed by atoms with Crippen LogP contribution in [0.1, 0.15) is 40.0 Å². The third-order valence-corrected chi connectivity index (χ3v) is 10.4. The highest BCUT2D eigenvalue weighted by Crippen LogP contribution is 2.50. The van der Waals surface area contributed by atoms with Crippen LogP contribution in [-0.2, 0) is 0 Å². The van der Waals surface area contributed by atoms with Crippen molar-refractivity contribution in [3.8, 4) is 0 Å². The minimum atomic E-state index is 0.184. The third-order valence-electron chi connectivity index (χ3n) is 5.29. The Morgan fingerprint density at radius 3 is 1.08 bits per heavy atom. The van der Waals surface area contributed by atoms with Crippen LogP contribution < -0.4 is 14.7 Å². The van der Waals surface area contributed by atoms with Crippen LogP contribution in [0.2, 0.25) is 0 Å². The van der Waals surface area contributed by atoms with E-state index in [4.69, 9.17) is 15.0 Å². The second kappa shape index (κ2) is 5.80. The number of nitrogens with zero attached hydrogens (tertiary/aromatic N) is 6. The molecule has 3 aliphatic rings. The van der Waals surface area contributed by atoms with E-state index < -0.39 is 0 Å². The summed E-state index contributed by atoms with van der Waals surface area (Å²) in [4.78, 5) is 21.4. The van der Waals surface area contributed by atoms with Gasteiger partial charge in [0.25, 0.3) is 0 Å². The van der Waals surface area contributed by atoms with Crippen LogP contribution in [0.5, 0.6) is 0 Å². The van der Waals surface area contributed by atoms with Gasteiger partial charge in [0.1, 0.15) is 10.6 Å². The Labute approximate surface area is 184 Å². The van der Waals surface area contributed by atoms with Gasteiger partial charge in [-0.2, -0.15) is 15.0 Å². The fourth-order valence-corrected chi connectivity index (χ4v) is 4.65. The lowest BCUT2D eigenvalue weighted by Gasteiger charge is -2.15. The predicted octanol–water partition coefficient (Wildman–Crippen LogP) is 3.96. The number of aromatic nitrogens is 3. The molecule has 3 aliphatic heterocycles. The van der Waals surface area contributed by atoms with E-state index in [1.807, 2.05) is 0 Å². The highest BCUT2D eigenvalue weighted by atomic mass is 127. The predicted molar refractivity (Wildman–Crippen MR) is 123 cm³/mol. The molecule has 3 saturated heterocycles. The summed E-state index contributed by atoms with van der Waals surface area (Å²) >= 11 is 7.59. The molecule has 9 heteroatoms. The van der Waals surface area contributed by atoms with Gasteiger partial charge in [0.2, 0.25) is 17.8 Å². The Morgan fingerprint density at radius 2 is 0.917 bits per heavy atom. The highest BCUT2D eigenvalue weighted by Gasteiger charge is 2.55. The Balaban J connectivity index is 1.68. The van der Waals surface area contributed by atoms with Crippen molar-refractivity contribution in [3.05, 3.63) is 0 Å². The van der Waals surface area contributed by atoms with Crippen LogP contribution in [0.4, 0.5) is 17.8 Å². The molecule has 0 spiro atoms. The molecule has 24 heavy (non-hydrogen) atoms. The molecule has 0 aromatic carbocycles. The first-order valence-corrected chi connectivity index (χ1v) is 11.7. The van der Waals surface area contributed by atoms with E-state index >= 15 is 0 Å². The lowest BCUT2D eigenvalue weighted by atomic mass is 10.4. The molecule has 3 unspecified atom stereocenters. The molecule has 3 fully saturated rings. The zero-order valence-electron chi connectivity index (χ0n) is 14.1. The normalized spacial score (nSPS) is 37.0. The maximum atomic E-state index is 4.82. The molecule has 0 N–H and O–H groups in total. The van der Waals surface area contributed by atoms with E-state index in [0.717, 1.165) is 56.7 Å². The molecule has 3 atom stereocenters. The van der Waals surface area contributed by atoms with Crippen molar-refractivity contribution in [1.29, 1.82) is 0 Å². The number of rotatable bonds is 6. The van der Waals surface area contributed by atoms with Crippen LogP contribution in [0.25, 0.3) is 0 Å². The fourth-order valence-electron chi connectivity index (χ4n) is 2.98. The molecule has 6 nitrogen and oxygen atoms in total. The van der Waals surface area contributed by atoms with Gasteiger partial charge in [0, 0.05) is 0 Å². The zero-order chi connectivity index (χ0) is 17.3. The summed E-state index contributed by atoms with van der Waals surface area (Å²) in [6, 6.07) is 0. The van der Waals surface area contributed by atoms with Crippen LogP contribution >= 0.6 is 67.8 Å². The third kappa shape index (κ3) is 2.87.